The van der Waals surface area contributed by atoms with E-state index < -0.39 is 11.9 Å². The summed E-state index contributed by atoms with van der Waals surface area (Å²) < 4.78 is 5.43. The van der Waals surface area contributed by atoms with E-state index in [0.29, 0.717) is 13.1 Å². The Labute approximate surface area is 114 Å². The van der Waals surface area contributed by atoms with E-state index in [1.807, 2.05) is 6.92 Å². The van der Waals surface area contributed by atoms with Gasteiger partial charge in [-0.15, -0.1) is 0 Å². The van der Waals surface area contributed by atoms with Gasteiger partial charge in [0.25, 0.3) is 0 Å². The fourth-order valence-electron chi connectivity index (χ4n) is 2.14. The minimum atomic E-state index is -0.890. The molecule has 0 heterocycles. The molecular formula is C13H24N2O4. The average molecular weight is 272 g/mol. The van der Waals surface area contributed by atoms with Crippen molar-refractivity contribution in [3.05, 3.63) is 0 Å². The number of carbonyl (C=O) groups excluding carboxylic acids is 1. The number of methoxy groups -OCH3 is 1. The summed E-state index contributed by atoms with van der Waals surface area (Å²) >= 11 is 0. The van der Waals surface area contributed by atoms with E-state index >= 15 is 0 Å². The predicted octanol–water partition coefficient (Wildman–Crippen LogP) is 1.31. The Morgan fingerprint density at radius 1 is 1.47 bits per heavy atom. The molecule has 0 aromatic heterocycles. The lowest BCUT2D eigenvalue weighted by atomic mass is 9.80. The first-order chi connectivity index (χ1) is 8.94. The summed E-state index contributed by atoms with van der Waals surface area (Å²) in [7, 11) is 1.66. The number of aliphatic carboxylic acids is 1. The van der Waals surface area contributed by atoms with Gasteiger partial charge in [-0.1, -0.05) is 6.92 Å². The van der Waals surface area contributed by atoms with Crippen molar-refractivity contribution in [1.29, 1.82) is 0 Å². The van der Waals surface area contributed by atoms with Crippen LogP contribution in [0.25, 0.3) is 0 Å². The Morgan fingerprint density at radius 2 is 2.11 bits per heavy atom. The highest BCUT2D eigenvalue weighted by Crippen LogP contribution is 2.34. The third-order valence-corrected chi connectivity index (χ3v) is 3.84. The molecule has 1 atom stereocenters. The van der Waals surface area contributed by atoms with Crippen LogP contribution in [0.5, 0.6) is 0 Å². The predicted molar refractivity (Wildman–Crippen MR) is 71.0 cm³/mol. The van der Waals surface area contributed by atoms with Crippen LogP contribution < -0.4 is 5.32 Å². The second-order valence-electron chi connectivity index (χ2n) is 5.18. The molecule has 1 fully saturated rings. The molecule has 1 saturated carbocycles. The van der Waals surface area contributed by atoms with Crippen LogP contribution in [-0.2, 0) is 9.53 Å². The van der Waals surface area contributed by atoms with Gasteiger partial charge in [0.05, 0.1) is 11.5 Å². The number of rotatable bonds is 7. The maximum atomic E-state index is 12.0. The maximum absolute atomic E-state index is 12.0. The monoisotopic (exact) mass is 272 g/mol. The van der Waals surface area contributed by atoms with Crippen molar-refractivity contribution >= 4 is 12.0 Å². The Bertz CT molecular complexity index is 323. The van der Waals surface area contributed by atoms with Gasteiger partial charge in [0.2, 0.25) is 0 Å². The van der Waals surface area contributed by atoms with Gasteiger partial charge in [0, 0.05) is 26.7 Å². The first-order valence-corrected chi connectivity index (χ1v) is 6.75. The lowest BCUT2D eigenvalue weighted by Gasteiger charge is -2.40. The maximum Gasteiger partial charge on any atom is 0.317 e. The van der Waals surface area contributed by atoms with Gasteiger partial charge in [-0.25, -0.2) is 4.79 Å². The van der Waals surface area contributed by atoms with Crippen LogP contribution in [0.15, 0.2) is 0 Å². The summed E-state index contributed by atoms with van der Waals surface area (Å²) in [6.07, 6.45) is 3.04. The molecule has 2 amide bonds. The van der Waals surface area contributed by atoms with Gasteiger partial charge in [0.15, 0.2) is 0 Å². The van der Waals surface area contributed by atoms with E-state index in [0.717, 1.165) is 19.3 Å². The summed E-state index contributed by atoms with van der Waals surface area (Å²) in [4.78, 5) is 24.3. The molecule has 19 heavy (non-hydrogen) atoms. The van der Waals surface area contributed by atoms with Crippen molar-refractivity contribution in [3.8, 4) is 0 Å². The molecular weight excluding hydrogens is 248 g/mol. The zero-order chi connectivity index (χ0) is 14.5. The molecule has 6 heteroatoms. The topological polar surface area (TPSA) is 78.9 Å². The fraction of sp³-hybridized carbons (Fsp3) is 0.846. The smallest absolute Gasteiger partial charge is 0.317 e. The number of hydrogen-bond donors (Lipinski definition) is 2. The van der Waals surface area contributed by atoms with Crippen LogP contribution in [0.4, 0.5) is 4.79 Å². The Balaban J connectivity index is 2.43. The van der Waals surface area contributed by atoms with Gasteiger partial charge in [-0.05, 0) is 26.2 Å². The summed E-state index contributed by atoms with van der Waals surface area (Å²) in [6, 6.07) is -0.223. The molecule has 1 unspecified atom stereocenters. The largest absolute Gasteiger partial charge is 0.481 e. The summed E-state index contributed by atoms with van der Waals surface area (Å²) in [5.41, 5.74) is -0.215. The zero-order valence-electron chi connectivity index (χ0n) is 11.9. The van der Waals surface area contributed by atoms with Crippen molar-refractivity contribution in [2.75, 3.05) is 26.7 Å². The highest BCUT2D eigenvalue weighted by Gasteiger charge is 2.37. The van der Waals surface area contributed by atoms with Crippen LogP contribution in [-0.4, -0.2) is 54.4 Å². The molecule has 0 aliphatic heterocycles. The third-order valence-electron chi connectivity index (χ3n) is 3.84. The molecule has 0 spiro atoms. The molecule has 0 bridgehead atoms. The van der Waals surface area contributed by atoms with Crippen molar-refractivity contribution < 1.29 is 19.4 Å². The van der Waals surface area contributed by atoms with Crippen LogP contribution in [0.1, 0.15) is 33.1 Å². The number of hydrogen-bond acceptors (Lipinski definition) is 3. The number of amides is 2. The first kappa shape index (κ1) is 15.8. The quantitative estimate of drug-likeness (QED) is 0.732. The Morgan fingerprint density at radius 3 is 2.47 bits per heavy atom. The molecule has 0 aromatic carbocycles. The van der Waals surface area contributed by atoms with Gasteiger partial charge < -0.3 is 20.1 Å². The number of nitrogens with one attached hydrogen (secondary N) is 1. The second-order valence-corrected chi connectivity index (χ2v) is 5.18. The molecule has 1 rings (SSSR count). The van der Waals surface area contributed by atoms with Gasteiger partial charge in [0.1, 0.15) is 0 Å². The standard InChI is InChI=1S/C13H24N2O4/c1-4-15(8-10(2)11(16)17)12(18)14-9-13(19-3)6-5-7-13/h10H,4-9H2,1-3H3,(H,14,18)(H,16,17). The molecule has 0 aromatic rings. The Hall–Kier alpha value is -1.30. The molecule has 1 aliphatic rings. The minimum absolute atomic E-state index is 0.215. The number of carboxylic acid groups (broad SMARTS) is 1. The second kappa shape index (κ2) is 6.75. The van der Waals surface area contributed by atoms with Gasteiger partial charge in [-0.2, -0.15) is 0 Å². The van der Waals surface area contributed by atoms with Crippen LogP contribution >= 0.6 is 0 Å². The summed E-state index contributed by atoms with van der Waals surface area (Å²) in [5, 5.41) is 11.7. The van der Waals surface area contributed by atoms with E-state index in [4.69, 9.17) is 9.84 Å². The number of ether oxygens (including phenoxy) is 1. The SMILES string of the molecule is CCN(CC(C)C(=O)O)C(=O)NCC1(OC)CCC1. The summed E-state index contributed by atoms with van der Waals surface area (Å²) in [5.74, 6) is -1.45. The molecule has 0 saturated heterocycles. The van der Waals surface area contributed by atoms with E-state index in [1.165, 1.54) is 4.90 Å². The van der Waals surface area contributed by atoms with Crippen molar-refractivity contribution in [2.45, 2.75) is 38.7 Å². The lowest BCUT2D eigenvalue weighted by molar-refractivity contribution is -0.141. The average Bonchev–Trinajstić information content (AvgIpc) is 2.34. The number of carboxylic acids is 1. The van der Waals surface area contributed by atoms with Crippen molar-refractivity contribution in [1.82, 2.24) is 10.2 Å². The van der Waals surface area contributed by atoms with E-state index in [2.05, 4.69) is 5.32 Å². The van der Waals surface area contributed by atoms with Crippen molar-refractivity contribution in [3.63, 3.8) is 0 Å². The third kappa shape index (κ3) is 4.09. The molecule has 1 aliphatic carbocycles. The van der Waals surface area contributed by atoms with E-state index in [-0.39, 0.29) is 18.2 Å². The number of nitrogens with zero attached hydrogens (tertiary/aromatic N) is 1. The molecule has 6 nitrogen and oxygen atoms in total. The molecule has 0 radical (unpaired) electrons. The first-order valence-electron chi connectivity index (χ1n) is 6.75. The van der Waals surface area contributed by atoms with Crippen LogP contribution in [0, 0.1) is 5.92 Å². The number of carbonyl (C=O) groups is 2. The fourth-order valence-corrected chi connectivity index (χ4v) is 2.14. The normalized spacial score (nSPS) is 18.3. The van der Waals surface area contributed by atoms with Crippen molar-refractivity contribution in [2.24, 2.45) is 5.92 Å². The number of urea groups is 1. The summed E-state index contributed by atoms with van der Waals surface area (Å²) in [6.45, 7) is 4.63. The lowest BCUT2D eigenvalue weighted by Crippen LogP contribution is -2.52. The van der Waals surface area contributed by atoms with Gasteiger partial charge in [-0.3, -0.25) is 4.79 Å². The van der Waals surface area contributed by atoms with E-state index in [1.54, 1.807) is 14.0 Å². The van der Waals surface area contributed by atoms with Gasteiger partial charge >= 0.3 is 12.0 Å². The van der Waals surface area contributed by atoms with E-state index in [9.17, 15) is 9.59 Å². The Kier molecular flexibility index (Phi) is 5.60. The molecule has 110 valence electrons. The zero-order valence-corrected chi connectivity index (χ0v) is 11.9. The molecule has 2 N–H and O–H groups in total. The van der Waals surface area contributed by atoms with Crippen LogP contribution in [0.3, 0.4) is 0 Å². The van der Waals surface area contributed by atoms with Crippen LogP contribution in [0.2, 0.25) is 0 Å². The minimum Gasteiger partial charge on any atom is -0.481 e. The highest BCUT2D eigenvalue weighted by atomic mass is 16.5. The highest BCUT2D eigenvalue weighted by molar-refractivity contribution is 5.76.